The molecule has 0 N–H and O–H groups in total. The van der Waals surface area contributed by atoms with E-state index in [-0.39, 0.29) is 4.92 Å². The molecule has 1 rings (SSSR count). The smallest absolute Gasteiger partial charge is 0.219 e. The van der Waals surface area contributed by atoms with Crippen LogP contribution in [0.2, 0.25) is 0 Å². The SMILES string of the molecule is CC(CSc1ccccc1Br)[N+](=O)[O-]. The Morgan fingerprint density at radius 2 is 2.21 bits per heavy atom. The molecule has 1 aromatic rings. The van der Waals surface area contributed by atoms with Gasteiger partial charge in [0.25, 0.3) is 0 Å². The summed E-state index contributed by atoms with van der Waals surface area (Å²) in [5, 5.41) is 10.4. The molecule has 0 aromatic heterocycles. The van der Waals surface area contributed by atoms with Gasteiger partial charge in [-0.15, -0.1) is 11.8 Å². The lowest BCUT2D eigenvalue weighted by Crippen LogP contribution is -2.17. The van der Waals surface area contributed by atoms with Crippen LogP contribution in [0, 0.1) is 10.1 Å². The lowest BCUT2D eigenvalue weighted by molar-refractivity contribution is -0.511. The largest absolute Gasteiger partial charge is 0.264 e. The third kappa shape index (κ3) is 3.31. The molecule has 0 radical (unpaired) electrons. The van der Waals surface area contributed by atoms with Crippen LogP contribution < -0.4 is 0 Å². The van der Waals surface area contributed by atoms with E-state index >= 15 is 0 Å². The highest BCUT2D eigenvalue weighted by Gasteiger charge is 2.13. The van der Waals surface area contributed by atoms with Crippen molar-refractivity contribution < 1.29 is 4.92 Å². The van der Waals surface area contributed by atoms with Gasteiger partial charge in [-0.1, -0.05) is 12.1 Å². The van der Waals surface area contributed by atoms with Gasteiger partial charge in [-0.3, -0.25) is 10.1 Å². The third-order valence-electron chi connectivity index (χ3n) is 1.68. The van der Waals surface area contributed by atoms with Crippen LogP contribution in [0.4, 0.5) is 0 Å². The van der Waals surface area contributed by atoms with Crippen LogP contribution in [0.15, 0.2) is 33.6 Å². The number of hydrogen-bond acceptors (Lipinski definition) is 3. The number of hydrogen-bond donors (Lipinski definition) is 0. The zero-order valence-electron chi connectivity index (χ0n) is 7.64. The van der Waals surface area contributed by atoms with Crippen LogP contribution in [-0.4, -0.2) is 16.7 Å². The first-order valence-electron chi connectivity index (χ1n) is 4.12. The van der Waals surface area contributed by atoms with Crippen LogP contribution in [-0.2, 0) is 0 Å². The maximum Gasteiger partial charge on any atom is 0.219 e. The Kier molecular flexibility index (Phi) is 4.41. The molecule has 3 nitrogen and oxygen atoms in total. The van der Waals surface area contributed by atoms with Crippen LogP contribution in [0.5, 0.6) is 0 Å². The molecule has 0 fully saturated rings. The summed E-state index contributed by atoms with van der Waals surface area (Å²) in [6.07, 6.45) is 0. The molecule has 0 spiro atoms. The molecular formula is C9H10BrNO2S. The Morgan fingerprint density at radius 1 is 1.57 bits per heavy atom. The van der Waals surface area contributed by atoms with Gasteiger partial charge in [0.15, 0.2) is 0 Å². The summed E-state index contributed by atoms with van der Waals surface area (Å²) in [7, 11) is 0. The summed E-state index contributed by atoms with van der Waals surface area (Å²) in [6.45, 7) is 1.61. The maximum atomic E-state index is 10.4. The molecule has 1 aromatic carbocycles. The molecule has 0 aliphatic rings. The molecule has 0 saturated carbocycles. The molecular weight excluding hydrogens is 266 g/mol. The monoisotopic (exact) mass is 275 g/mol. The van der Waals surface area contributed by atoms with Gasteiger partial charge in [-0.25, -0.2) is 0 Å². The molecule has 1 atom stereocenters. The first-order valence-corrected chi connectivity index (χ1v) is 5.90. The Morgan fingerprint density at radius 3 is 2.79 bits per heavy atom. The summed E-state index contributed by atoms with van der Waals surface area (Å²) >= 11 is 4.89. The van der Waals surface area contributed by atoms with Gasteiger partial charge in [0.2, 0.25) is 6.04 Å². The standard InChI is InChI=1S/C9H10BrNO2S/c1-7(11(12)13)6-14-9-5-3-2-4-8(9)10/h2-5,7H,6H2,1H3. The fraction of sp³-hybridized carbons (Fsp3) is 0.333. The molecule has 14 heavy (non-hydrogen) atoms. The van der Waals surface area contributed by atoms with Crippen LogP contribution in [0.1, 0.15) is 6.92 Å². The number of nitrogens with zero attached hydrogens (tertiary/aromatic N) is 1. The molecule has 0 heterocycles. The zero-order chi connectivity index (χ0) is 10.6. The fourth-order valence-corrected chi connectivity index (χ4v) is 2.38. The van der Waals surface area contributed by atoms with Crippen LogP contribution in [0.3, 0.4) is 0 Å². The van der Waals surface area contributed by atoms with E-state index in [4.69, 9.17) is 0 Å². The average Bonchev–Trinajstić information content (AvgIpc) is 2.16. The van der Waals surface area contributed by atoms with Crippen molar-refractivity contribution in [2.75, 3.05) is 5.75 Å². The van der Waals surface area contributed by atoms with Crippen molar-refractivity contribution in [1.29, 1.82) is 0 Å². The minimum Gasteiger partial charge on any atom is -0.264 e. The second-order valence-electron chi connectivity index (χ2n) is 2.88. The predicted octanol–water partition coefficient (Wildman–Crippen LogP) is 3.21. The zero-order valence-corrected chi connectivity index (χ0v) is 10.0. The number of rotatable bonds is 4. The Hall–Kier alpha value is -0.550. The number of halogens is 1. The Balaban J connectivity index is 2.54. The number of benzene rings is 1. The third-order valence-corrected chi connectivity index (χ3v) is 3.95. The van der Waals surface area contributed by atoms with Gasteiger partial charge in [0, 0.05) is 21.2 Å². The summed E-state index contributed by atoms with van der Waals surface area (Å²) in [6, 6.07) is 7.21. The first kappa shape index (κ1) is 11.5. The molecule has 1 unspecified atom stereocenters. The number of nitro groups is 1. The topological polar surface area (TPSA) is 43.1 Å². The fourth-order valence-electron chi connectivity index (χ4n) is 0.833. The Labute approximate surface area is 95.2 Å². The predicted molar refractivity (Wildman–Crippen MR) is 61.3 cm³/mol. The minimum absolute atomic E-state index is 0.260. The van der Waals surface area contributed by atoms with E-state index in [2.05, 4.69) is 15.9 Å². The lowest BCUT2D eigenvalue weighted by Gasteiger charge is -2.04. The molecule has 76 valence electrons. The second-order valence-corrected chi connectivity index (χ2v) is 4.79. The highest BCUT2D eigenvalue weighted by Crippen LogP contribution is 2.27. The van der Waals surface area contributed by atoms with Crippen molar-refractivity contribution in [2.24, 2.45) is 0 Å². The van der Waals surface area contributed by atoms with Crippen LogP contribution >= 0.6 is 27.7 Å². The van der Waals surface area contributed by atoms with E-state index in [1.54, 1.807) is 6.92 Å². The highest BCUT2D eigenvalue weighted by molar-refractivity contribution is 9.10. The van der Waals surface area contributed by atoms with E-state index in [1.165, 1.54) is 11.8 Å². The minimum atomic E-state index is -0.507. The van der Waals surface area contributed by atoms with Crippen molar-refractivity contribution in [3.05, 3.63) is 38.9 Å². The van der Waals surface area contributed by atoms with Crippen molar-refractivity contribution in [1.82, 2.24) is 0 Å². The molecule has 0 saturated heterocycles. The van der Waals surface area contributed by atoms with Gasteiger partial charge in [-0.2, -0.15) is 0 Å². The van der Waals surface area contributed by atoms with Crippen molar-refractivity contribution in [2.45, 2.75) is 17.9 Å². The van der Waals surface area contributed by atoms with Gasteiger partial charge in [-0.05, 0) is 28.1 Å². The molecule has 0 amide bonds. The van der Waals surface area contributed by atoms with Gasteiger partial charge < -0.3 is 0 Å². The molecule has 5 heteroatoms. The van der Waals surface area contributed by atoms with Gasteiger partial charge >= 0.3 is 0 Å². The quantitative estimate of drug-likeness (QED) is 0.482. The van der Waals surface area contributed by atoms with E-state index in [0.717, 1.165) is 9.37 Å². The van der Waals surface area contributed by atoms with Crippen molar-refractivity contribution in [3.63, 3.8) is 0 Å². The van der Waals surface area contributed by atoms with E-state index in [1.807, 2.05) is 24.3 Å². The highest BCUT2D eigenvalue weighted by atomic mass is 79.9. The van der Waals surface area contributed by atoms with Gasteiger partial charge in [0.1, 0.15) is 0 Å². The average molecular weight is 276 g/mol. The summed E-state index contributed by atoms with van der Waals surface area (Å²) in [5.41, 5.74) is 0. The van der Waals surface area contributed by atoms with E-state index in [0.29, 0.717) is 5.75 Å². The molecule has 0 bridgehead atoms. The summed E-state index contributed by atoms with van der Waals surface area (Å²) in [4.78, 5) is 11.2. The lowest BCUT2D eigenvalue weighted by atomic mass is 10.4. The summed E-state index contributed by atoms with van der Waals surface area (Å²) < 4.78 is 0.987. The summed E-state index contributed by atoms with van der Waals surface area (Å²) in [5.74, 6) is 0.496. The second kappa shape index (κ2) is 5.36. The normalized spacial score (nSPS) is 12.4. The van der Waals surface area contributed by atoms with Gasteiger partial charge in [0.05, 0.1) is 5.75 Å². The van der Waals surface area contributed by atoms with Crippen molar-refractivity contribution in [3.8, 4) is 0 Å². The Bertz CT molecular complexity index is 332. The molecule has 0 aliphatic carbocycles. The van der Waals surface area contributed by atoms with Crippen LogP contribution in [0.25, 0.3) is 0 Å². The molecule has 0 aliphatic heterocycles. The maximum absolute atomic E-state index is 10.4. The number of thioether (sulfide) groups is 1. The van der Waals surface area contributed by atoms with E-state index < -0.39 is 6.04 Å². The van der Waals surface area contributed by atoms with E-state index in [9.17, 15) is 10.1 Å². The van der Waals surface area contributed by atoms with Crippen molar-refractivity contribution >= 4 is 27.7 Å². The first-order chi connectivity index (χ1) is 6.61.